The Balaban J connectivity index is 0.00000169. The maximum Gasteiger partial charge on any atom is 0.119 e. The quantitative estimate of drug-likeness (QED) is 0.752. The van der Waals surface area contributed by atoms with E-state index >= 15 is 0 Å². The van der Waals surface area contributed by atoms with Gasteiger partial charge >= 0.3 is 0 Å². The van der Waals surface area contributed by atoms with Crippen LogP contribution in [0.3, 0.4) is 0 Å². The number of rotatable bonds is 7. The minimum Gasteiger partial charge on any atom is -0.491 e. The highest BCUT2D eigenvalue weighted by Crippen LogP contribution is 2.58. The van der Waals surface area contributed by atoms with Crippen LogP contribution in [-0.4, -0.2) is 26.4 Å². The lowest BCUT2D eigenvalue weighted by atomic mass is 9.79. The van der Waals surface area contributed by atoms with Gasteiger partial charge in [0.05, 0.1) is 6.61 Å². The maximum absolute atomic E-state index is 5.71. The molecule has 5 atom stereocenters. The Bertz CT molecular complexity index is 538. The summed E-state index contributed by atoms with van der Waals surface area (Å²) in [6, 6.07) is 9.22. The zero-order chi connectivity index (χ0) is 15.6. The van der Waals surface area contributed by atoms with E-state index in [2.05, 4.69) is 23.5 Å². The second-order valence-corrected chi connectivity index (χ2v) is 7.63. The molecule has 4 rings (SSSR count). The summed E-state index contributed by atoms with van der Waals surface area (Å²) in [5.74, 6) is 5.04. The summed E-state index contributed by atoms with van der Waals surface area (Å²) in [5.41, 5.74) is 1.32. The molecule has 134 valence electrons. The van der Waals surface area contributed by atoms with Gasteiger partial charge in [0.25, 0.3) is 0 Å². The van der Waals surface area contributed by atoms with Crippen molar-refractivity contribution < 1.29 is 9.47 Å². The van der Waals surface area contributed by atoms with E-state index in [1.165, 1.54) is 37.7 Å². The van der Waals surface area contributed by atoms with Gasteiger partial charge in [-0.2, -0.15) is 0 Å². The Morgan fingerprint density at radius 2 is 1.96 bits per heavy atom. The Hall–Kier alpha value is -0.770. The van der Waals surface area contributed by atoms with Crippen LogP contribution in [0.2, 0.25) is 0 Å². The molecule has 24 heavy (non-hydrogen) atoms. The molecule has 0 spiro atoms. The van der Waals surface area contributed by atoms with Gasteiger partial charge in [-0.1, -0.05) is 18.6 Å². The summed E-state index contributed by atoms with van der Waals surface area (Å²) in [6.07, 6.45) is 7.39. The SMILES string of the molecule is COCCOc1cccc(CNC2CC3CC2C2CCCC32)c1.Cl. The van der Waals surface area contributed by atoms with E-state index in [1.54, 1.807) is 7.11 Å². The Morgan fingerprint density at radius 3 is 2.83 bits per heavy atom. The van der Waals surface area contributed by atoms with Crippen molar-refractivity contribution in [1.82, 2.24) is 5.32 Å². The smallest absolute Gasteiger partial charge is 0.119 e. The van der Waals surface area contributed by atoms with Crippen LogP contribution in [0.4, 0.5) is 0 Å². The first-order valence-corrected chi connectivity index (χ1v) is 9.29. The van der Waals surface area contributed by atoms with Crippen LogP contribution in [0, 0.1) is 23.7 Å². The molecular formula is C20H30ClNO2. The number of hydrogen-bond acceptors (Lipinski definition) is 3. The van der Waals surface area contributed by atoms with Gasteiger partial charge in [0, 0.05) is 19.7 Å². The highest BCUT2D eigenvalue weighted by molar-refractivity contribution is 5.85. The van der Waals surface area contributed by atoms with E-state index in [0.717, 1.165) is 42.0 Å². The lowest BCUT2D eigenvalue weighted by Gasteiger charge is -2.32. The normalized spacial score (nSPS) is 33.3. The van der Waals surface area contributed by atoms with Crippen LogP contribution in [0.25, 0.3) is 0 Å². The number of fused-ring (bicyclic) bond motifs is 5. The van der Waals surface area contributed by atoms with Crippen LogP contribution >= 0.6 is 12.4 Å². The largest absolute Gasteiger partial charge is 0.491 e. The third kappa shape index (κ3) is 3.58. The van der Waals surface area contributed by atoms with Crippen molar-refractivity contribution in [2.75, 3.05) is 20.3 Å². The molecule has 1 aromatic carbocycles. The fourth-order valence-electron chi connectivity index (χ4n) is 5.54. The van der Waals surface area contributed by atoms with E-state index < -0.39 is 0 Å². The van der Waals surface area contributed by atoms with Crippen LogP contribution in [0.1, 0.15) is 37.7 Å². The van der Waals surface area contributed by atoms with Gasteiger partial charge < -0.3 is 14.8 Å². The lowest BCUT2D eigenvalue weighted by molar-refractivity contribution is 0.146. The molecule has 3 aliphatic rings. The molecule has 0 heterocycles. The first-order valence-electron chi connectivity index (χ1n) is 9.29. The molecule has 3 nitrogen and oxygen atoms in total. The molecule has 0 amide bonds. The fraction of sp³-hybridized carbons (Fsp3) is 0.700. The van der Waals surface area contributed by atoms with Gasteiger partial charge in [-0.3, -0.25) is 0 Å². The first kappa shape index (κ1) is 18.0. The van der Waals surface area contributed by atoms with Crippen molar-refractivity contribution in [1.29, 1.82) is 0 Å². The zero-order valence-electron chi connectivity index (χ0n) is 14.6. The first-order chi connectivity index (χ1) is 11.3. The van der Waals surface area contributed by atoms with Crippen molar-refractivity contribution in [3.05, 3.63) is 29.8 Å². The minimum absolute atomic E-state index is 0. The molecule has 0 aliphatic heterocycles. The van der Waals surface area contributed by atoms with Gasteiger partial charge in [0.15, 0.2) is 0 Å². The number of hydrogen-bond donors (Lipinski definition) is 1. The summed E-state index contributed by atoms with van der Waals surface area (Å²) < 4.78 is 10.7. The zero-order valence-corrected chi connectivity index (χ0v) is 15.4. The highest BCUT2D eigenvalue weighted by atomic mass is 35.5. The Labute approximate surface area is 151 Å². The second-order valence-electron chi connectivity index (χ2n) is 7.63. The number of nitrogens with one attached hydrogen (secondary N) is 1. The van der Waals surface area contributed by atoms with Crippen LogP contribution in [-0.2, 0) is 11.3 Å². The van der Waals surface area contributed by atoms with Crippen molar-refractivity contribution >= 4 is 12.4 Å². The van der Waals surface area contributed by atoms with Gasteiger partial charge in [-0.15, -0.1) is 12.4 Å². The molecule has 3 aliphatic carbocycles. The molecule has 3 saturated carbocycles. The van der Waals surface area contributed by atoms with E-state index in [0.29, 0.717) is 13.2 Å². The second kappa shape index (κ2) is 8.07. The summed E-state index contributed by atoms with van der Waals surface area (Å²) in [7, 11) is 1.70. The molecular weight excluding hydrogens is 322 g/mol. The van der Waals surface area contributed by atoms with Gasteiger partial charge in [0.1, 0.15) is 12.4 Å². The Morgan fingerprint density at radius 1 is 1.08 bits per heavy atom. The maximum atomic E-state index is 5.71. The molecule has 0 saturated heterocycles. The number of methoxy groups -OCH3 is 1. The van der Waals surface area contributed by atoms with Crippen LogP contribution in [0.15, 0.2) is 24.3 Å². The summed E-state index contributed by atoms with van der Waals surface area (Å²) in [4.78, 5) is 0. The molecule has 0 radical (unpaired) electrons. The van der Waals surface area contributed by atoms with Gasteiger partial charge in [0.2, 0.25) is 0 Å². The van der Waals surface area contributed by atoms with E-state index in [-0.39, 0.29) is 12.4 Å². The van der Waals surface area contributed by atoms with Gasteiger partial charge in [-0.25, -0.2) is 0 Å². The van der Waals surface area contributed by atoms with Crippen molar-refractivity contribution in [2.24, 2.45) is 23.7 Å². The number of ether oxygens (including phenoxy) is 2. The summed E-state index contributed by atoms with van der Waals surface area (Å²) in [5, 5.41) is 3.86. The van der Waals surface area contributed by atoms with Crippen molar-refractivity contribution in [3.63, 3.8) is 0 Å². The van der Waals surface area contributed by atoms with Gasteiger partial charge in [-0.05, 0) is 67.1 Å². The highest BCUT2D eigenvalue weighted by Gasteiger charge is 2.53. The standard InChI is InChI=1S/C20H29NO2.ClH/c1-22-8-9-23-16-5-2-4-14(10-16)13-21-20-12-15-11-19(20)18-7-3-6-17(15)18;/h2,4-5,10,15,17-21H,3,6-9,11-13H2,1H3;1H. The minimum atomic E-state index is 0. The predicted octanol–water partition coefficient (Wildman–Crippen LogP) is 4.05. The van der Waals surface area contributed by atoms with Crippen molar-refractivity contribution in [2.45, 2.75) is 44.7 Å². The van der Waals surface area contributed by atoms with Crippen molar-refractivity contribution in [3.8, 4) is 5.75 Å². The number of halogens is 1. The van der Waals surface area contributed by atoms with E-state index in [1.807, 2.05) is 6.07 Å². The average molecular weight is 352 g/mol. The molecule has 2 bridgehead atoms. The molecule has 3 fully saturated rings. The topological polar surface area (TPSA) is 30.5 Å². The molecule has 1 N–H and O–H groups in total. The Kier molecular flexibility index (Phi) is 6.07. The summed E-state index contributed by atoms with van der Waals surface area (Å²) in [6.45, 7) is 2.21. The predicted molar refractivity (Wildman–Crippen MR) is 98.7 cm³/mol. The monoisotopic (exact) mass is 351 g/mol. The van der Waals surface area contributed by atoms with E-state index in [4.69, 9.17) is 9.47 Å². The summed E-state index contributed by atoms with van der Waals surface area (Å²) >= 11 is 0. The lowest BCUT2D eigenvalue weighted by Crippen LogP contribution is -2.38. The third-order valence-corrected chi connectivity index (χ3v) is 6.45. The third-order valence-electron chi connectivity index (χ3n) is 6.45. The van der Waals surface area contributed by atoms with Crippen LogP contribution in [0.5, 0.6) is 5.75 Å². The molecule has 5 unspecified atom stereocenters. The molecule has 0 aromatic heterocycles. The van der Waals surface area contributed by atoms with Crippen LogP contribution < -0.4 is 10.1 Å². The number of benzene rings is 1. The molecule has 1 aromatic rings. The molecule has 4 heteroatoms. The fourth-order valence-corrected chi connectivity index (χ4v) is 5.54. The van der Waals surface area contributed by atoms with E-state index in [9.17, 15) is 0 Å². The average Bonchev–Trinajstić information content (AvgIpc) is 3.26.